The Morgan fingerprint density at radius 2 is 1.83 bits per heavy atom. The average Bonchev–Trinajstić information content (AvgIpc) is 2.73. The van der Waals surface area contributed by atoms with Gasteiger partial charge in [0.15, 0.2) is 5.37 Å². The second-order valence-corrected chi connectivity index (χ2v) is 8.37. The van der Waals surface area contributed by atoms with Gasteiger partial charge in [0, 0.05) is 18.0 Å². The minimum Gasteiger partial charge on any atom is -0.497 e. The zero-order valence-corrected chi connectivity index (χ0v) is 16.7. The van der Waals surface area contributed by atoms with Crippen molar-refractivity contribution in [3.05, 3.63) is 83.7 Å². The van der Waals surface area contributed by atoms with Crippen molar-refractivity contribution in [1.29, 1.82) is 0 Å². The van der Waals surface area contributed by atoms with Crippen LogP contribution in [-0.4, -0.2) is 31.6 Å². The number of hydrogen-bond donors (Lipinski definition) is 2. The van der Waals surface area contributed by atoms with Gasteiger partial charge in [0.25, 0.3) is 0 Å². The van der Waals surface area contributed by atoms with E-state index < -0.39 is 21.2 Å². The van der Waals surface area contributed by atoms with Crippen molar-refractivity contribution in [2.75, 3.05) is 12.4 Å². The van der Waals surface area contributed by atoms with E-state index in [1.807, 2.05) is 0 Å². The van der Waals surface area contributed by atoms with Gasteiger partial charge < -0.3 is 15.2 Å². The zero-order valence-electron chi connectivity index (χ0n) is 15.9. The van der Waals surface area contributed by atoms with Crippen molar-refractivity contribution in [3.63, 3.8) is 0 Å². The molecule has 0 saturated carbocycles. The first-order chi connectivity index (χ1) is 13.8. The number of anilines is 1. The van der Waals surface area contributed by atoms with Crippen LogP contribution in [0.5, 0.6) is 5.75 Å². The maximum Gasteiger partial charge on any atom is 0.337 e. The number of carboxylic acids is 1. The number of rotatable bonds is 7. The summed E-state index contributed by atoms with van der Waals surface area (Å²) in [4.78, 5) is 15.8. The largest absolute Gasteiger partial charge is 0.497 e. The number of aryl methyl sites for hydroxylation is 1. The van der Waals surface area contributed by atoms with E-state index in [4.69, 9.17) is 4.74 Å². The Balaban J connectivity index is 2.13. The fourth-order valence-corrected chi connectivity index (χ4v) is 4.50. The first-order valence-electron chi connectivity index (χ1n) is 8.72. The van der Waals surface area contributed by atoms with Gasteiger partial charge in [-0.25, -0.2) is 13.2 Å². The number of hydrogen-bond acceptors (Lipinski definition) is 6. The fourth-order valence-electron chi connectivity index (χ4n) is 2.94. The van der Waals surface area contributed by atoms with Crippen molar-refractivity contribution in [3.8, 4) is 5.75 Å². The van der Waals surface area contributed by atoms with Gasteiger partial charge in [-0.05, 0) is 48.9 Å². The molecule has 0 aliphatic heterocycles. The molecule has 150 valence electrons. The third-order valence-electron chi connectivity index (χ3n) is 4.46. The number of pyridine rings is 1. The molecular formula is C21H20N2O5S. The SMILES string of the molecule is COc1ccc(S(=O)(=O)C(Nc2c(C)cccc2C(=O)O)c2cccnc2)cc1. The van der Waals surface area contributed by atoms with Gasteiger partial charge in [0.05, 0.1) is 23.3 Å². The van der Waals surface area contributed by atoms with Crippen LogP contribution in [-0.2, 0) is 9.84 Å². The number of nitrogens with one attached hydrogen (secondary N) is 1. The van der Waals surface area contributed by atoms with Crippen molar-refractivity contribution in [1.82, 2.24) is 4.98 Å². The lowest BCUT2D eigenvalue weighted by molar-refractivity contribution is 0.0697. The van der Waals surface area contributed by atoms with E-state index in [1.165, 1.54) is 37.7 Å². The second kappa shape index (κ2) is 8.32. The molecule has 3 rings (SSSR count). The van der Waals surface area contributed by atoms with Gasteiger partial charge in [0.1, 0.15) is 5.75 Å². The Morgan fingerprint density at radius 1 is 1.10 bits per heavy atom. The molecule has 0 saturated heterocycles. The summed E-state index contributed by atoms with van der Waals surface area (Å²) in [6.45, 7) is 1.72. The number of nitrogens with zero attached hydrogens (tertiary/aromatic N) is 1. The van der Waals surface area contributed by atoms with Gasteiger partial charge in [-0.2, -0.15) is 0 Å². The van der Waals surface area contributed by atoms with Crippen LogP contribution in [0.4, 0.5) is 5.69 Å². The van der Waals surface area contributed by atoms with E-state index in [9.17, 15) is 18.3 Å². The Hall–Kier alpha value is -3.39. The highest BCUT2D eigenvalue weighted by molar-refractivity contribution is 7.91. The number of methoxy groups -OCH3 is 1. The van der Waals surface area contributed by atoms with E-state index in [1.54, 1.807) is 43.3 Å². The monoisotopic (exact) mass is 412 g/mol. The molecule has 0 aliphatic carbocycles. The lowest BCUT2D eigenvalue weighted by Gasteiger charge is -2.23. The van der Waals surface area contributed by atoms with E-state index in [2.05, 4.69) is 10.3 Å². The molecule has 0 spiro atoms. The quantitative estimate of drug-likeness (QED) is 0.610. The molecule has 8 heteroatoms. The van der Waals surface area contributed by atoms with Gasteiger partial charge in [-0.1, -0.05) is 18.2 Å². The summed E-state index contributed by atoms with van der Waals surface area (Å²) in [5, 5.41) is 11.2. The van der Waals surface area contributed by atoms with E-state index in [0.29, 0.717) is 16.9 Å². The van der Waals surface area contributed by atoms with Crippen LogP contribution in [0.2, 0.25) is 0 Å². The van der Waals surface area contributed by atoms with Gasteiger partial charge in [-0.3, -0.25) is 4.98 Å². The zero-order chi connectivity index (χ0) is 21.0. The minimum atomic E-state index is -3.94. The molecule has 1 heterocycles. The summed E-state index contributed by atoms with van der Waals surface area (Å²) in [6, 6.07) is 14.0. The smallest absolute Gasteiger partial charge is 0.337 e. The Morgan fingerprint density at radius 3 is 2.41 bits per heavy atom. The van der Waals surface area contributed by atoms with Gasteiger partial charge >= 0.3 is 5.97 Å². The number of benzene rings is 2. The van der Waals surface area contributed by atoms with Gasteiger partial charge in [-0.15, -0.1) is 0 Å². The number of aromatic carboxylic acids is 1. The molecular weight excluding hydrogens is 392 g/mol. The lowest BCUT2D eigenvalue weighted by Crippen LogP contribution is -2.23. The first-order valence-corrected chi connectivity index (χ1v) is 10.3. The summed E-state index contributed by atoms with van der Waals surface area (Å²) >= 11 is 0. The van der Waals surface area contributed by atoms with Crippen LogP contribution in [0, 0.1) is 6.92 Å². The normalized spacial score (nSPS) is 12.2. The molecule has 1 unspecified atom stereocenters. The summed E-state index contributed by atoms with van der Waals surface area (Å²) in [6.07, 6.45) is 2.98. The predicted molar refractivity (Wildman–Crippen MR) is 109 cm³/mol. The summed E-state index contributed by atoms with van der Waals surface area (Å²) in [5.41, 5.74) is 1.24. The molecule has 2 aromatic carbocycles. The minimum absolute atomic E-state index is 0.0104. The number of aromatic nitrogens is 1. The van der Waals surface area contributed by atoms with Crippen LogP contribution >= 0.6 is 0 Å². The molecule has 0 amide bonds. The Kier molecular flexibility index (Phi) is 5.84. The number of sulfone groups is 1. The number of carboxylic acid groups (broad SMARTS) is 1. The van der Waals surface area contributed by atoms with Crippen molar-refractivity contribution in [2.24, 2.45) is 0 Å². The summed E-state index contributed by atoms with van der Waals surface area (Å²) < 4.78 is 32.0. The lowest BCUT2D eigenvalue weighted by atomic mass is 10.1. The van der Waals surface area contributed by atoms with Crippen LogP contribution in [0.25, 0.3) is 0 Å². The molecule has 1 aromatic heterocycles. The topological polar surface area (TPSA) is 106 Å². The maximum atomic E-state index is 13.5. The molecule has 2 N–H and O–H groups in total. The Labute approximate surface area is 168 Å². The fraction of sp³-hybridized carbons (Fsp3) is 0.143. The number of ether oxygens (including phenoxy) is 1. The molecule has 1 atom stereocenters. The third kappa shape index (κ3) is 4.22. The highest BCUT2D eigenvalue weighted by atomic mass is 32.2. The van der Waals surface area contributed by atoms with Crippen molar-refractivity contribution >= 4 is 21.5 Å². The molecule has 0 radical (unpaired) electrons. The standard InChI is InChI=1S/C21H20N2O5S/c1-14-5-3-7-18(21(24)25)19(14)23-20(15-6-4-12-22-13-15)29(26,27)17-10-8-16(28-2)9-11-17/h3-13,20,23H,1-2H3,(H,24,25). The molecule has 0 fully saturated rings. The molecule has 3 aromatic rings. The molecule has 0 bridgehead atoms. The highest BCUT2D eigenvalue weighted by Gasteiger charge is 2.31. The van der Waals surface area contributed by atoms with Crippen molar-refractivity contribution < 1.29 is 23.1 Å². The Bertz CT molecular complexity index is 1110. The maximum absolute atomic E-state index is 13.5. The third-order valence-corrected chi connectivity index (χ3v) is 6.40. The average molecular weight is 412 g/mol. The van der Waals surface area contributed by atoms with E-state index >= 15 is 0 Å². The summed E-state index contributed by atoms with van der Waals surface area (Å²) in [7, 11) is -2.44. The number of para-hydroxylation sites is 1. The van der Waals surface area contributed by atoms with E-state index in [-0.39, 0.29) is 16.1 Å². The molecule has 0 aliphatic rings. The van der Waals surface area contributed by atoms with Crippen LogP contribution < -0.4 is 10.1 Å². The van der Waals surface area contributed by atoms with Crippen LogP contribution in [0.1, 0.15) is 26.9 Å². The number of carbonyl (C=O) groups is 1. The predicted octanol–water partition coefficient (Wildman–Crippen LogP) is 3.68. The van der Waals surface area contributed by atoms with Crippen molar-refractivity contribution in [2.45, 2.75) is 17.2 Å². The highest BCUT2D eigenvalue weighted by Crippen LogP contribution is 2.33. The summed E-state index contributed by atoms with van der Waals surface area (Å²) in [5.74, 6) is -0.620. The van der Waals surface area contributed by atoms with Crippen LogP contribution in [0.15, 0.2) is 71.9 Å². The molecule has 7 nitrogen and oxygen atoms in total. The van der Waals surface area contributed by atoms with Gasteiger partial charge in [0.2, 0.25) is 9.84 Å². The molecule has 29 heavy (non-hydrogen) atoms. The van der Waals surface area contributed by atoms with Crippen LogP contribution in [0.3, 0.4) is 0 Å². The second-order valence-electron chi connectivity index (χ2n) is 6.33. The van der Waals surface area contributed by atoms with E-state index in [0.717, 1.165) is 0 Å². The first kappa shape index (κ1) is 20.3.